The van der Waals surface area contributed by atoms with E-state index in [9.17, 15) is 4.79 Å². The Morgan fingerprint density at radius 3 is 2.94 bits per heavy atom. The number of halogens is 1. The molecule has 0 aliphatic carbocycles. The van der Waals surface area contributed by atoms with Gasteiger partial charge in [0.25, 0.3) is 0 Å². The lowest BCUT2D eigenvalue weighted by atomic mass is 10.1. The van der Waals surface area contributed by atoms with E-state index in [-0.39, 0.29) is 0 Å². The van der Waals surface area contributed by atoms with Crippen LogP contribution in [0.25, 0.3) is 0 Å². The largest absolute Gasteiger partial charge is 0.366 e. The number of nitrogens with two attached hydrogens (primary N) is 1. The summed E-state index contributed by atoms with van der Waals surface area (Å²) >= 11 is 6.18. The van der Waals surface area contributed by atoms with Crippen LogP contribution >= 0.6 is 11.6 Å². The van der Waals surface area contributed by atoms with Crippen molar-refractivity contribution in [3.05, 3.63) is 34.3 Å². The average molecular weight is 268 g/mol. The lowest BCUT2D eigenvalue weighted by Gasteiger charge is -2.20. The molecule has 0 bridgehead atoms. The number of benzene rings is 1. The minimum atomic E-state index is -0.442. The highest BCUT2D eigenvalue weighted by atomic mass is 35.5. The number of primary amides is 1. The predicted molar refractivity (Wildman–Crippen MR) is 72.7 cm³/mol. The highest BCUT2D eigenvalue weighted by molar-refractivity contribution is 6.31. The number of carbonyl (C=O) groups is 1. The summed E-state index contributed by atoms with van der Waals surface area (Å²) in [5, 5.41) is 3.98. The van der Waals surface area contributed by atoms with Crippen LogP contribution in [0, 0.1) is 0 Å². The summed E-state index contributed by atoms with van der Waals surface area (Å²) in [6.07, 6.45) is 1.15. The van der Waals surface area contributed by atoms with Gasteiger partial charge in [0.2, 0.25) is 5.91 Å². The van der Waals surface area contributed by atoms with Gasteiger partial charge < -0.3 is 11.1 Å². The Morgan fingerprint density at radius 2 is 2.22 bits per heavy atom. The molecule has 1 aromatic rings. The van der Waals surface area contributed by atoms with E-state index in [4.69, 9.17) is 17.3 Å². The van der Waals surface area contributed by atoms with E-state index in [1.54, 1.807) is 12.1 Å². The van der Waals surface area contributed by atoms with E-state index in [0.717, 1.165) is 44.7 Å². The Bertz CT molecular complexity index is 428. The van der Waals surface area contributed by atoms with Crippen LogP contribution in [0.4, 0.5) is 0 Å². The van der Waals surface area contributed by atoms with Crippen LogP contribution in [0.5, 0.6) is 0 Å². The zero-order chi connectivity index (χ0) is 13.0. The lowest BCUT2D eigenvalue weighted by Crippen LogP contribution is -2.27. The quantitative estimate of drug-likeness (QED) is 0.866. The molecule has 1 saturated heterocycles. The Morgan fingerprint density at radius 1 is 1.39 bits per heavy atom. The summed E-state index contributed by atoms with van der Waals surface area (Å²) in [6, 6.07) is 5.27. The van der Waals surface area contributed by atoms with Crippen molar-refractivity contribution < 1.29 is 4.79 Å². The Balaban J connectivity index is 2.06. The predicted octanol–water partition coefficient (Wildman–Crippen LogP) is 1.23. The van der Waals surface area contributed by atoms with Gasteiger partial charge in [-0.1, -0.05) is 17.7 Å². The molecular formula is C13H18ClN3O. The first-order valence-corrected chi connectivity index (χ1v) is 6.56. The summed E-state index contributed by atoms with van der Waals surface area (Å²) < 4.78 is 0. The van der Waals surface area contributed by atoms with Gasteiger partial charge in [0.15, 0.2) is 0 Å². The molecule has 0 spiro atoms. The summed E-state index contributed by atoms with van der Waals surface area (Å²) in [6.45, 7) is 5.00. The third-order valence-corrected chi connectivity index (χ3v) is 3.52. The first kappa shape index (κ1) is 13.3. The van der Waals surface area contributed by atoms with Gasteiger partial charge in [-0.05, 0) is 37.2 Å². The van der Waals surface area contributed by atoms with Gasteiger partial charge in [0.1, 0.15) is 0 Å². The SMILES string of the molecule is NC(=O)c1ccc(CN2CCCNCC2)c(Cl)c1. The molecule has 0 unspecified atom stereocenters. The van der Waals surface area contributed by atoms with Crippen molar-refractivity contribution in [2.45, 2.75) is 13.0 Å². The van der Waals surface area contributed by atoms with Crippen molar-refractivity contribution in [3.63, 3.8) is 0 Å². The second-order valence-electron chi connectivity index (χ2n) is 4.55. The number of carbonyl (C=O) groups excluding carboxylic acids is 1. The van der Waals surface area contributed by atoms with Crippen molar-refractivity contribution in [1.29, 1.82) is 0 Å². The number of hydrogen-bond acceptors (Lipinski definition) is 3. The molecule has 0 saturated carbocycles. The smallest absolute Gasteiger partial charge is 0.248 e. The van der Waals surface area contributed by atoms with Crippen LogP contribution in [0.2, 0.25) is 5.02 Å². The zero-order valence-corrected chi connectivity index (χ0v) is 11.0. The second kappa shape index (κ2) is 6.18. The van der Waals surface area contributed by atoms with Gasteiger partial charge in [-0.15, -0.1) is 0 Å². The number of nitrogens with one attached hydrogen (secondary N) is 1. The van der Waals surface area contributed by atoms with E-state index >= 15 is 0 Å². The van der Waals surface area contributed by atoms with Crippen molar-refractivity contribution >= 4 is 17.5 Å². The fraction of sp³-hybridized carbons (Fsp3) is 0.462. The molecule has 0 atom stereocenters. The van der Waals surface area contributed by atoms with E-state index in [1.165, 1.54) is 0 Å². The molecule has 3 N–H and O–H groups in total. The first-order valence-electron chi connectivity index (χ1n) is 6.18. The number of rotatable bonds is 3. The van der Waals surface area contributed by atoms with Gasteiger partial charge in [0.05, 0.1) is 0 Å². The molecule has 1 heterocycles. The molecule has 1 aromatic carbocycles. The number of nitrogens with zero attached hydrogens (tertiary/aromatic N) is 1. The Labute approximate surface area is 112 Å². The van der Waals surface area contributed by atoms with E-state index < -0.39 is 5.91 Å². The van der Waals surface area contributed by atoms with E-state index in [1.807, 2.05) is 6.07 Å². The van der Waals surface area contributed by atoms with Crippen molar-refractivity contribution in [2.75, 3.05) is 26.2 Å². The fourth-order valence-corrected chi connectivity index (χ4v) is 2.37. The molecule has 18 heavy (non-hydrogen) atoms. The average Bonchev–Trinajstić information content (AvgIpc) is 2.60. The minimum Gasteiger partial charge on any atom is -0.366 e. The molecule has 1 fully saturated rings. The first-order chi connectivity index (χ1) is 8.66. The summed E-state index contributed by atoms with van der Waals surface area (Å²) in [5.41, 5.74) is 6.73. The third kappa shape index (κ3) is 3.45. The molecule has 2 rings (SSSR count). The van der Waals surface area contributed by atoms with Crippen LogP contribution in [-0.4, -0.2) is 37.0 Å². The van der Waals surface area contributed by atoms with Crippen molar-refractivity contribution in [3.8, 4) is 0 Å². The van der Waals surface area contributed by atoms with E-state index in [2.05, 4.69) is 10.2 Å². The monoisotopic (exact) mass is 267 g/mol. The summed E-state index contributed by atoms with van der Waals surface area (Å²) in [4.78, 5) is 13.4. The van der Waals surface area contributed by atoms with Crippen LogP contribution in [0.15, 0.2) is 18.2 Å². The van der Waals surface area contributed by atoms with Crippen molar-refractivity contribution in [2.24, 2.45) is 5.73 Å². The van der Waals surface area contributed by atoms with Gasteiger partial charge in [0, 0.05) is 30.2 Å². The number of amides is 1. The van der Waals surface area contributed by atoms with Gasteiger partial charge in [-0.25, -0.2) is 0 Å². The van der Waals surface area contributed by atoms with Crippen LogP contribution in [0.1, 0.15) is 22.3 Å². The van der Waals surface area contributed by atoms with Crippen molar-refractivity contribution in [1.82, 2.24) is 10.2 Å². The minimum absolute atomic E-state index is 0.442. The molecule has 0 aromatic heterocycles. The maximum absolute atomic E-state index is 11.0. The standard InChI is InChI=1S/C13H18ClN3O/c14-12-8-10(13(15)18)2-3-11(12)9-17-6-1-4-16-5-7-17/h2-3,8,16H,1,4-7,9H2,(H2,15,18). The molecule has 1 aliphatic heterocycles. The van der Waals surface area contributed by atoms with Gasteiger partial charge >= 0.3 is 0 Å². The Hall–Kier alpha value is -1.10. The molecular weight excluding hydrogens is 250 g/mol. The van der Waals surface area contributed by atoms with Gasteiger partial charge in [-0.2, -0.15) is 0 Å². The van der Waals surface area contributed by atoms with Crippen LogP contribution in [-0.2, 0) is 6.54 Å². The molecule has 4 nitrogen and oxygen atoms in total. The Kier molecular flexibility index (Phi) is 4.58. The maximum Gasteiger partial charge on any atom is 0.248 e. The van der Waals surface area contributed by atoms with Crippen LogP contribution < -0.4 is 11.1 Å². The molecule has 98 valence electrons. The molecule has 0 radical (unpaired) electrons. The molecule has 1 aliphatic rings. The lowest BCUT2D eigenvalue weighted by molar-refractivity contribution is 0.100. The normalized spacial score (nSPS) is 17.4. The third-order valence-electron chi connectivity index (χ3n) is 3.16. The molecule has 5 heteroatoms. The van der Waals surface area contributed by atoms with Gasteiger partial charge in [-0.3, -0.25) is 9.69 Å². The summed E-state index contributed by atoms with van der Waals surface area (Å²) in [7, 11) is 0. The topological polar surface area (TPSA) is 58.4 Å². The fourth-order valence-electron chi connectivity index (χ4n) is 2.13. The second-order valence-corrected chi connectivity index (χ2v) is 4.96. The highest BCUT2D eigenvalue weighted by Gasteiger charge is 2.12. The number of hydrogen-bond donors (Lipinski definition) is 2. The summed E-state index contributed by atoms with van der Waals surface area (Å²) in [5.74, 6) is -0.442. The van der Waals surface area contributed by atoms with Crippen LogP contribution in [0.3, 0.4) is 0 Å². The van der Waals surface area contributed by atoms with E-state index in [0.29, 0.717) is 10.6 Å². The molecule has 1 amide bonds. The zero-order valence-electron chi connectivity index (χ0n) is 10.3. The maximum atomic E-state index is 11.0. The highest BCUT2D eigenvalue weighted by Crippen LogP contribution is 2.19.